The second kappa shape index (κ2) is 7.49. The summed E-state index contributed by atoms with van der Waals surface area (Å²) in [6, 6.07) is 4.07. The minimum atomic E-state index is -3.76. The van der Waals surface area contributed by atoms with E-state index in [9.17, 15) is 18.0 Å². The minimum Gasteiger partial charge on any atom is -0.335 e. The number of H-pyrrole nitrogens is 1. The molecule has 0 amide bonds. The summed E-state index contributed by atoms with van der Waals surface area (Å²) in [5, 5.41) is 0.144. The maximum atomic E-state index is 12.5. The summed E-state index contributed by atoms with van der Waals surface area (Å²) in [6.45, 7) is 2.93. The number of sulfonamides is 1. The molecule has 1 aromatic carbocycles. The summed E-state index contributed by atoms with van der Waals surface area (Å²) in [5.74, 6) is 0.956. The smallest absolute Gasteiger partial charge is 0.328 e. The molecule has 0 saturated heterocycles. The molecule has 0 bridgehead atoms. The average Bonchev–Trinajstić information content (AvgIpc) is 3.10. The van der Waals surface area contributed by atoms with Crippen LogP contribution in [-0.2, 0) is 30.0 Å². The van der Waals surface area contributed by atoms with Crippen LogP contribution >= 0.6 is 0 Å². The highest BCUT2D eigenvalue weighted by Crippen LogP contribution is 2.14. The van der Waals surface area contributed by atoms with Crippen molar-refractivity contribution >= 4 is 20.9 Å². The number of nitrogens with zero attached hydrogens (tertiary/aromatic N) is 3. The molecule has 3 rings (SSSR count). The van der Waals surface area contributed by atoms with Crippen molar-refractivity contribution in [2.45, 2.75) is 31.2 Å². The van der Waals surface area contributed by atoms with Crippen LogP contribution in [0.1, 0.15) is 19.2 Å². The summed E-state index contributed by atoms with van der Waals surface area (Å²) in [7, 11) is -2.43. The molecule has 0 spiro atoms. The number of aromatic amines is 1. The molecule has 3 aromatic rings. The summed E-state index contributed by atoms with van der Waals surface area (Å²) in [5.41, 5.74) is -0.792. The second-order valence-corrected chi connectivity index (χ2v) is 7.91. The summed E-state index contributed by atoms with van der Waals surface area (Å²) in [6.07, 6.45) is 5.01. The molecule has 2 heterocycles. The molecule has 144 valence electrons. The largest absolute Gasteiger partial charge is 0.335 e. The van der Waals surface area contributed by atoms with Crippen molar-refractivity contribution in [3.05, 3.63) is 57.3 Å². The quantitative estimate of drug-likeness (QED) is 0.564. The van der Waals surface area contributed by atoms with Gasteiger partial charge in [-0.1, -0.05) is 6.92 Å². The lowest BCUT2D eigenvalue weighted by Crippen LogP contribution is -2.32. The molecule has 0 aliphatic rings. The molecule has 0 radical (unpaired) electrons. The Morgan fingerprint density at radius 3 is 2.78 bits per heavy atom. The van der Waals surface area contributed by atoms with Crippen molar-refractivity contribution in [2.75, 3.05) is 6.54 Å². The van der Waals surface area contributed by atoms with Gasteiger partial charge in [-0.2, -0.15) is 0 Å². The number of nitrogens with one attached hydrogen (secondary N) is 2. The van der Waals surface area contributed by atoms with Gasteiger partial charge in [-0.15, -0.1) is 0 Å². The highest BCUT2D eigenvalue weighted by atomic mass is 32.2. The zero-order chi connectivity index (χ0) is 19.6. The third-order valence-electron chi connectivity index (χ3n) is 4.37. The number of benzene rings is 1. The minimum absolute atomic E-state index is 0.0176. The van der Waals surface area contributed by atoms with Crippen molar-refractivity contribution in [1.82, 2.24) is 23.8 Å². The Hall–Kier alpha value is -2.72. The number of aryl methyl sites for hydroxylation is 2. The number of hydrogen-bond acceptors (Lipinski definition) is 5. The van der Waals surface area contributed by atoms with Crippen molar-refractivity contribution in [3.63, 3.8) is 0 Å². The third kappa shape index (κ3) is 3.86. The van der Waals surface area contributed by atoms with Crippen LogP contribution in [0.4, 0.5) is 0 Å². The molecule has 0 saturated carbocycles. The van der Waals surface area contributed by atoms with Crippen LogP contribution in [0.3, 0.4) is 0 Å². The van der Waals surface area contributed by atoms with E-state index in [1.54, 1.807) is 6.20 Å². The first-order valence-electron chi connectivity index (χ1n) is 8.56. The van der Waals surface area contributed by atoms with Gasteiger partial charge in [-0.25, -0.2) is 22.9 Å². The van der Waals surface area contributed by atoms with Gasteiger partial charge in [0.15, 0.2) is 0 Å². The Labute approximate surface area is 155 Å². The molecular formula is C17H21N5O4S. The van der Waals surface area contributed by atoms with E-state index in [0.717, 1.165) is 16.8 Å². The van der Waals surface area contributed by atoms with Gasteiger partial charge in [0.1, 0.15) is 5.82 Å². The number of hydrogen-bond donors (Lipinski definition) is 2. The van der Waals surface area contributed by atoms with Gasteiger partial charge < -0.3 is 9.55 Å². The molecule has 2 aromatic heterocycles. The Kier molecular flexibility index (Phi) is 5.29. The van der Waals surface area contributed by atoms with E-state index in [1.165, 1.54) is 25.2 Å². The molecule has 0 aliphatic carbocycles. The summed E-state index contributed by atoms with van der Waals surface area (Å²) >= 11 is 0. The topological polar surface area (TPSA) is 119 Å². The maximum Gasteiger partial charge on any atom is 0.328 e. The Morgan fingerprint density at radius 1 is 1.26 bits per heavy atom. The molecule has 0 aliphatic heterocycles. The van der Waals surface area contributed by atoms with Crippen LogP contribution in [0.2, 0.25) is 0 Å². The van der Waals surface area contributed by atoms with Gasteiger partial charge in [-0.3, -0.25) is 9.36 Å². The predicted molar refractivity (Wildman–Crippen MR) is 101 cm³/mol. The zero-order valence-electron chi connectivity index (χ0n) is 15.1. The van der Waals surface area contributed by atoms with Crippen molar-refractivity contribution in [1.29, 1.82) is 0 Å². The molecule has 0 atom stereocenters. The van der Waals surface area contributed by atoms with E-state index in [1.807, 2.05) is 17.7 Å². The van der Waals surface area contributed by atoms with Gasteiger partial charge in [0, 0.05) is 39.0 Å². The Balaban J connectivity index is 1.75. The summed E-state index contributed by atoms with van der Waals surface area (Å²) < 4.78 is 30.5. The van der Waals surface area contributed by atoms with Crippen LogP contribution < -0.4 is 16.0 Å². The second-order valence-electron chi connectivity index (χ2n) is 6.14. The van der Waals surface area contributed by atoms with Crippen molar-refractivity contribution < 1.29 is 8.42 Å². The summed E-state index contributed by atoms with van der Waals surface area (Å²) in [4.78, 5) is 30.6. The lowest BCUT2D eigenvalue weighted by atomic mass is 10.2. The van der Waals surface area contributed by atoms with Crippen LogP contribution in [-0.4, -0.2) is 34.1 Å². The van der Waals surface area contributed by atoms with Gasteiger partial charge in [0.05, 0.1) is 15.8 Å². The van der Waals surface area contributed by atoms with Crippen LogP contribution in [0.25, 0.3) is 10.9 Å². The van der Waals surface area contributed by atoms with Gasteiger partial charge in [0.25, 0.3) is 5.56 Å². The number of imidazole rings is 1. The van der Waals surface area contributed by atoms with Gasteiger partial charge in [0.2, 0.25) is 10.0 Å². The fourth-order valence-corrected chi connectivity index (χ4v) is 3.95. The monoisotopic (exact) mass is 391 g/mol. The third-order valence-corrected chi connectivity index (χ3v) is 5.83. The Bertz CT molecular complexity index is 1190. The van der Waals surface area contributed by atoms with E-state index >= 15 is 0 Å². The molecule has 10 heteroatoms. The fourth-order valence-electron chi connectivity index (χ4n) is 2.85. The van der Waals surface area contributed by atoms with Crippen LogP contribution in [0.15, 0.2) is 45.1 Å². The van der Waals surface area contributed by atoms with E-state index in [2.05, 4.69) is 14.7 Å². The normalized spacial score (nSPS) is 11.9. The SMILES string of the molecule is CCc1nccn1CCCNS(=O)(=O)c1ccc2[nH]c(=O)n(C)c(=O)c2c1. The lowest BCUT2D eigenvalue weighted by Gasteiger charge is -2.09. The first-order chi connectivity index (χ1) is 12.8. The van der Waals surface area contributed by atoms with Crippen LogP contribution in [0, 0.1) is 0 Å². The van der Waals surface area contributed by atoms with E-state index in [0.29, 0.717) is 18.5 Å². The number of rotatable bonds is 7. The molecule has 2 N–H and O–H groups in total. The first kappa shape index (κ1) is 19.1. The van der Waals surface area contributed by atoms with Crippen LogP contribution in [0.5, 0.6) is 0 Å². The average molecular weight is 391 g/mol. The number of fused-ring (bicyclic) bond motifs is 1. The molecule has 0 fully saturated rings. The van der Waals surface area contributed by atoms with Gasteiger partial charge >= 0.3 is 5.69 Å². The Morgan fingerprint density at radius 2 is 2.04 bits per heavy atom. The zero-order valence-corrected chi connectivity index (χ0v) is 15.9. The molecular weight excluding hydrogens is 370 g/mol. The fraction of sp³-hybridized carbons (Fsp3) is 0.353. The molecule has 27 heavy (non-hydrogen) atoms. The molecule has 9 nitrogen and oxygen atoms in total. The first-order valence-corrected chi connectivity index (χ1v) is 10.0. The van der Waals surface area contributed by atoms with E-state index in [4.69, 9.17) is 0 Å². The highest BCUT2D eigenvalue weighted by Gasteiger charge is 2.16. The van der Waals surface area contributed by atoms with Gasteiger partial charge in [-0.05, 0) is 24.6 Å². The van der Waals surface area contributed by atoms with E-state index in [-0.39, 0.29) is 16.8 Å². The van der Waals surface area contributed by atoms with E-state index < -0.39 is 21.3 Å². The lowest BCUT2D eigenvalue weighted by molar-refractivity contribution is 0.565. The number of aromatic nitrogens is 4. The van der Waals surface area contributed by atoms with Crippen molar-refractivity contribution in [2.24, 2.45) is 7.05 Å². The highest BCUT2D eigenvalue weighted by molar-refractivity contribution is 7.89. The van der Waals surface area contributed by atoms with Crippen molar-refractivity contribution in [3.8, 4) is 0 Å². The maximum absolute atomic E-state index is 12.5. The standard InChI is InChI=1S/C17H21N5O4S/c1-3-15-18-8-10-22(15)9-4-7-19-27(25,26)12-5-6-14-13(11-12)16(23)21(2)17(24)20-14/h5-6,8,10-11,19H,3-4,7,9H2,1-2H3,(H,20,24). The molecule has 0 unspecified atom stereocenters. The predicted octanol–water partition coefficient (Wildman–Crippen LogP) is 0.354.